The van der Waals surface area contributed by atoms with E-state index in [-0.39, 0.29) is 11.9 Å². The van der Waals surface area contributed by atoms with Crippen LogP contribution in [0.3, 0.4) is 0 Å². The summed E-state index contributed by atoms with van der Waals surface area (Å²) in [5.41, 5.74) is 0.730. The van der Waals surface area contributed by atoms with E-state index in [4.69, 9.17) is 5.11 Å². The van der Waals surface area contributed by atoms with Crippen molar-refractivity contribution >= 4 is 5.69 Å². The molecule has 0 bridgehead atoms. The molecule has 14 heavy (non-hydrogen) atoms. The van der Waals surface area contributed by atoms with E-state index in [0.29, 0.717) is 19.8 Å². The van der Waals surface area contributed by atoms with Crippen LogP contribution in [0.2, 0.25) is 0 Å². The van der Waals surface area contributed by atoms with Crippen LogP contribution in [-0.4, -0.2) is 41.0 Å². The van der Waals surface area contributed by atoms with Gasteiger partial charge >= 0.3 is 0 Å². The van der Waals surface area contributed by atoms with Crippen molar-refractivity contribution in [3.8, 4) is 5.75 Å². The van der Waals surface area contributed by atoms with Gasteiger partial charge in [-0.25, -0.2) is 0 Å². The van der Waals surface area contributed by atoms with Gasteiger partial charge in [0.05, 0.1) is 18.5 Å². The first-order valence-electron chi connectivity index (χ1n) is 4.68. The normalized spacial score (nSPS) is 17.8. The number of aliphatic hydroxyl groups excluding tert-OH is 1. The Balaban J connectivity index is 1.83. The van der Waals surface area contributed by atoms with Gasteiger partial charge in [0, 0.05) is 13.1 Å². The highest BCUT2D eigenvalue weighted by Crippen LogP contribution is 2.21. The van der Waals surface area contributed by atoms with Gasteiger partial charge in [-0.2, -0.15) is 0 Å². The molecule has 1 heterocycles. The lowest BCUT2D eigenvalue weighted by atomic mass is 10.2. The number of likely N-dealkylation sites (tertiary alicyclic amines) is 1. The molecule has 4 heteroatoms. The van der Waals surface area contributed by atoms with E-state index < -0.39 is 0 Å². The number of aliphatic hydroxyl groups is 1. The summed E-state index contributed by atoms with van der Waals surface area (Å²) in [5.74, 6) is 0.258. The van der Waals surface area contributed by atoms with E-state index in [1.807, 2.05) is 12.1 Å². The fraction of sp³-hybridized carbons (Fsp3) is 0.400. The van der Waals surface area contributed by atoms with Gasteiger partial charge in [0.25, 0.3) is 0 Å². The van der Waals surface area contributed by atoms with Crippen molar-refractivity contribution in [2.24, 2.45) is 0 Å². The number of aromatic hydroxyl groups is 1. The van der Waals surface area contributed by atoms with Crippen LogP contribution in [0.15, 0.2) is 24.3 Å². The SMILES string of the molecule is Oc1ccccc1NCN1CC(O)C1. The third-order valence-corrected chi connectivity index (χ3v) is 2.34. The summed E-state index contributed by atoms with van der Waals surface area (Å²) < 4.78 is 0. The number of phenolic OH excluding ortho intramolecular Hbond substituents is 1. The second-order valence-corrected chi connectivity index (χ2v) is 3.54. The summed E-state index contributed by atoms with van der Waals surface area (Å²) >= 11 is 0. The van der Waals surface area contributed by atoms with Gasteiger partial charge in [-0.05, 0) is 12.1 Å². The molecule has 1 aliphatic rings. The maximum atomic E-state index is 9.44. The van der Waals surface area contributed by atoms with Gasteiger partial charge in [-0.3, -0.25) is 4.90 Å². The lowest BCUT2D eigenvalue weighted by Gasteiger charge is -2.35. The van der Waals surface area contributed by atoms with Gasteiger partial charge in [0.2, 0.25) is 0 Å². The average molecular weight is 194 g/mol. The summed E-state index contributed by atoms with van der Waals surface area (Å²) in [6.07, 6.45) is -0.179. The standard InChI is InChI=1S/C10H14N2O2/c13-8-5-12(6-8)7-11-9-3-1-2-4-10(9)14/h1-4,8,11,13-14H,5-7H2. The molecule has 1 fully saturated rings. The van der Waals surface area contributed by atoms with Crippen LogP contribution in [0.1, 0.15) is 0 Å². The van der Waals surface area contributed by atoms with Crippen molar-refractivity contribution in [3.63, 3.8) is 0 Å². The Hall–Kier alpha value is -1.26. The van der Waals surface area contributed by atoms with E-state index >= 15 is 0 Å². The summed E-state index contributed by atoms with van der Waals surface area (Å²) in [6.45, 7) is 2.08. The molecular weight excluding hydrogens is 180 g/mol. The molecule has 1 saturated heterocycles. The summed E-state index contributed by atoms with van der Waals surface area (Å²) in [6, 6.07) is 7.12. The van der Waals surface area contributed by atoms with Crippen LogP contribution in [0.5, 0.6) is 5.75 Å². The Kier molecular flexibility index (Phi) is 2.56. The third-order valence-electron chi connectivity index (χ3n) is 2.34. The second-order valence-electron chi connectivity index (χ2n) is 3.54. The molecule has 76 valence electrons. The van der Waals surface area contributed by atoms with E-state index in [1.54, 1.807) is 12.1 Å². The van der Waals surface area contributed by atoms with E-state index in [1.165, 1.54) is 0 Å². The molecule has 1 aliphatic heterocycles. The number of β-amino-alcohol motifs (C(OH)–C–C–N with tert-alkyl or cyclic N) is 1. The maximum absolute atomic E-state index is 9.44. The van der Waals surface area contributed by atoms with E-state index in [0.717, 1.165) is 5.69 Å². The highest BCUT2D eigenvalue weighted by Gasteiger charge is 2.23. The monoisotopic (exact) mass is 194 g/mol. The molecule has 0 saturated carbocycles. The topological polar surface area (TPSA) is 55.7 Å². The number of hydrogen-bond donors (Lipinski definition) is 3. The Morgan fingerprint density at radius 1 is 1.36 bits per heavy atom. The lowest BCUT2D eigenvalue weighted by molar-refractivity contribution is 0.00710. The smallest absolute Gasteiger partial charge is 0.138 e. The largest absolute Gasteiger partial charge is 0.506 e. The van der Waals surface area contributed by atoms with Crippen LogP contribution in [-0.2, 0) is 0 Å². The highest BCUT2D eigenvalue weighted by molar-refractivity contribution is 5.54. The van der Waals surface area contributed by atoms with Gasteiger partial charge in [0.15, 0.2) is 0 Å². The molecule has 0 aromatic heterocycles. The van der Waals surface area contributed by atoms with Crippen molar-refractivity contribution in [1.82, 2.24) is 4.90 Å². The van der Waals surface area contributed by atoms with Gasteiger partial charge < -0.3 is 15.5 Å². The van der Waals surface area contributed by atoms with Gasteiger partial charge in [-0.1, -0.05) is 12.1 Å². The third kappa shape index (κ3) is 1.97. The van der Waals surface area contributed by atoms with Crippen molar-refractivity contribution in [3.05, 3.63) is 24.3 Å². The minimum Gasteiger partial charge on any atom is -0.506 e. The van der Waals surface area contributed by atoms with Crippen LogP contribution < -0.4 is 5.32 Å². The molecule has 3 N–H and O–H groups in total. The van der Waals surface area contributed by atoms with Crippen LogP contribution in [0.4, 0.5) is 5.69 Å². The molecule has 0 atom stereocenters. The molecule has 0 unspecified atom stereocenters. The lowest BCUT2D eigenvalue weighted by Crippen LogP contribution is -2.52. The Morgan fingerprint density at radius 2 is 2.07 bits per heavy atom. The second kappa shape index (κ2) is 3.86. The minimum atomic E-state index is -0.179. The van der Waals surface area contributed by atoms with Gasteiger partial charge in [0.1, 0.15) is 5.75 Å². The number of benzene rings is 1. The fourth-order valence-corrected chi connectivity index (χ4v) is 1.49. The number of anilines is 1. The van der Waals surface area contributed by atoms with Crippen molar-refractivity contribution in [1.29, 1.82) is 0 Å². The van der Waals surface area contributed by atoms with Crippen molar-refractivity contribution in [2.45, 2.75) is 6.10 Å². The van der Waals surface area contributed by atoms with Crippen LogP contribution >= 0.6 is 0 Å². The highest BCUT2D eigenvalue weighted by atomic mass is 16.3. The first kappa shape index (κ1) is 9.30. The predicted octanol–water partition coefficient (Wildman–Crippen LogP) is 0.438. The zero-order valence-electron chi connectivity index (χ0n) is 7.85. The molecule has 0 radical (unpaired) electrons. The zero-order valence-corrected chi connectivity index (χ0v) is 7.85. The minimum absolute atomic E-state index is 0.179. The number of hydrogen-bond acceptors (Lipinski definition) is 4. The number of nitrogens with one attached hydrogen (secondary N) is 1. The first-order chi connectivity index (χ1) is 6.75. The maximum Gasteiger partial charge on any atom is 0.138 e. The van der Waals surface area contributed by atoms with Crippen molar-refractivity contribution in [2.75, 3.05) is 25.1 Å². The molecule has 1 aromatic rings. The van der Waals surface area contributed by atoms with E-state index in [2.05, 4.69) is 10.2 Å². The van der Waals surface area contributed by atoms with Crippen LogP contribution in [0.25, 0.3) is 0 Å². The Bertz CT molecular complexity index is 311. The number of phenols is 1. The summed E-state index contributed by atoms with van der Waals surface area (Å²) in [5, 5.41) is 21.6. The molecule has 0 spiro atoms. The summed E-state index contributed by atoms with van der Waals surface area (Å²) in [4.78, 5) is 2.07. The molecule has 4 nitrogen and oxygen atoms in total. The average Bonchev–Trinajstić information content (AvgIpc) is 2.13. The molecule has 1 aromatic carbocycles. The summed E-state index contributed by atoms with van der Waals surface area (Å²) in [7, 11) is 0. The number of nitrogens with zero attached hydrogens (tertiary/aromatic N) is 1. The van der Waals surface area contributed by atoms with E-state index in [9.17, 15) is 5.11 Å². The Morgan fingerprint density at radius 3 is 2.71 bits per heavy atom. The first-order valence-corrected chi connectivity index (χ1v) is 4.68. The van der Waals surface area contributed by atoms with Crippen molar-refractivity contribution < 1.29 is 10.2 Å². The number of rotatable bonds is 3. The molecule has 2 rings (SSSR count). The molecule has 0 amide bonds. The fourth-order valence-electron chi connectivity index (χ4n) is 1.49. The van der Waals surface area contributed by atoms with Crippen LogP contribution in [0, 0.1) is 0 Å². The molecule has 0 aliphatic carbocycles. The number of para-hydroxylation sites is 2. The zero-order chi connectivity index (χ0) is 9.97. The quantitative estimate of drug-likeness (QED) is 0.611. The van der Waals surface area contributed by atoms with Gasteiger partial charge in [-0.15, -0.1) is 0 Å². The Labute approximate surface area is 82.8 Å². The predicted molar refractivity (Wildman–Crippen MR) is 54.2 cm³/mol. The molecular formula is C10H14N2O2.